The first-order valence-corrected chi connectivity index (χ1v) is 6.53. The lowest BCUT2D eigenvalue weighted by molar-refractivity contribution is 0.0698. The fourth-order valence-corrected chi connectivity index (χ4v) is 2.79. The zero-order valence-corrected chi connectivity index (χ0v) is 10.7. The standard InChI is InChI=1S/C14H20N2O2/c1-2-16(10-5-3-4-6-10)11-7-8-12(14(17)18)13(15)9-11/h7-10H,2-6,15H2,1H3,(H,17,18). The van der Waals surface area contributed by atoms with Crippen LogP contribution in [0.25, 0.3) is 0 Å². The van der Waals surface area contributed by atoms with Crippen LogP contribution in [-0.4, -0.2) is 23.7 Å². The molecule has 0 radical (unpaired) electrons. The van der Waals surface area contributed by atoms with Crippen molar-refractivity contribution in [3.63, 3.8) is 0 Å². The van der Waals surface area contributed by atoms with Gasteiger partial charge in [0.25, 0.3) is 0 Å². The summed E-state index contributed by atoms with van der Waals surface area (Å²) in [5, 5.41) is 8.97. The van der Waals surface area contributed by atoms with Crippen LogP contribution >= 0.6 is 0 Å². The number of aromatic carboxylic acids is 1. The topological polar surface area (TPSA) is 66.6 Å². The van der Waals surface area contributed by atoms with Crippen LogP contribution in [0.15, 0.2) is 18.2 Å². The number of carboxylic acid groups (broad SMARTS) is 1. The van der Waals surface area contributed by atoms with Gasteiger partial charge in [-0.2, -0.15) is 0 Å². The molecule has 3 N–H and O–H groups in total. The molecular formula is C14H20N2O2. The minimum atomic E-state index is -0.969. The molecule has 4 heteroatoms. The van der Waals surface area contributed by atoms with Crippen LogP contribution in [-0.2, 0) is 0 Å². The van der Waals surface area contributed by atoms with Gasteiger partial charge < -0.3 is 15.7 Å². The molecule has 1 fully saturated rings. The van der Waals surface area contributed by atoms with Crippen molar-refractivity contribution in [3.8, 4) is 0 Å². The Morgan fingerprint density at radius 3 is 2.61 bits per heavy atom. The summed E-state index contributed by atoms with van der Waals surface area (Å²) in [5.74, 6) is -0.969. The number of nitrogen functional groups attached to an aromatic ring is 1. The Kier molecular flexibility index (Phi) is 3.75. The predicted octanol–water partition coefficient (Wildman–Crippen LogP) is 2.74. The first kappa shape index (κ1) is 12.7. The molecule has 0 unspecified atom stereocenters. The predicted molar refractivity (Wildman–Crippen MR) is 73.1 cm³/mol. The highest BCUT2D eigenvalue weighted by molar-refractivity contribution is 5.94. The first-order valence-electron chi connectivity index (χ1n) is 6.53. The largest absolute Gasteiger partial charge is 0.478 e. The molecule has 0 bridgehead atoms. The molecule has 1 aromatic carbocycles. The molecule has 98 valence electrons. The van der Waals surface area contributed by atoms with Crippen molar-refractivity contribution >= 4 is 17.3 Å². The van der Waals surface area contributed by atoms with E-state index in [1.54, 1.807) is 12.1 Å². The van der Waals surface area contributed by atoms with Crippen LogP contribution in [0.5, 0.6) is 0 Å². The number of hydrogen-bond donors (Lipinski definition) is 2. The van der Waals surface area contributed by atoms with Gasteiger partial charge in [-0.25, -0.2) is 4.79 Å². The summed E-state index contributed by atoms with van der Waals surface area (Å²) in [6, 6.07) is 5.82. The number of hydrogen-bond acceptors (Lipinski definition) is 3. The number of carboxylic acids is 1. The zero-order valence-electron chi connectivity index (χ0n) is 10.7. The van der Waals surface area contributed by atoms with Crippen molar-refractivity contribution in [2.24, 2.45) is 0 Å². The Balaban J connectivity index is 2.26. The Hall–Kier alpha value is -1.71. The van der Waals surface area contributed by atoms with Gasteiger partial charge in [-0.05, 0) is 38.0 Å². The quantitative estimate of drug-likeness (QED) is 0.804. The molecule has 1 aliphatic rings. The van der Waals surface area contributed by atoms with Crippen LogP contribution in [0.3, 0.4) is 0 Å². The highest BCUT2D eigenvalue weighted by atomic mass is 16.4. The molecule has 0 aromatic heterocycles. The molecule has 0 saturated heterocycles. The van der Waals surface area contributed by atoms with E-state index in [4.69, 9.17) is 10.8 Å². The summed E-state index contributed by atoms with van der Waals surface area (Å²) in [7, 11) is 0. The molecule has 0 heterocycles. The number of nitrogens with zero attached hydrogens (tertiary/aromatic N) is 1. The molecule has 0 aliphatic heterocycles. The second-order valence-electron chi connectivity index (χ2n) is 4.80. The fraction of sp³-hybridized carbons (Fsp3) is 0.500. The third kappa shape index (κ3) is 2.42. The Morgan fingerprint density at radius 2 is 2.11 bits per heavy atom. The lowest BCUT2D eigenvalue weighted by Crippen LogP contribution is -2.33. The second kappa shape index (κ2) is 5.29. The van der Waals surface area contributed by atoms with Crippen molar-refractivity contribution in [1.29, 1.82) is 0 Å². The van der Waals surface area contributed by atoms with Crippen molar-refractivity contribution in [3.05, 3.63) is 23.8 Å². The van der Waals surface area contributed by atoms with Gasteiger partial charge >= 0.3 is 5.97 Å². The third-order valence-electron chi connectivity index (χ3n) is 3.70. The molecule has 0 atom stereocenters. The number of nitrogens with two attached hydrogens (primary N) is 1. The number of carbonyl (C=O) groups is 1. The molecule has 0 amide bonds. The van der Waals surface area contributed by atoms with E-state index in [9.17, 15) is 4.79 Å². The Bertz CT molecular complexity index is 439. The maximum absolute atomic E-state index is 10.9. The smallest absolute Gasteiger partial charge is 0.337 e. The first-order chi connectivity index (χ1) is 8.63. The van der Waals surface area contributed by atoms with Gasteiger partial charge in [0, 0.05) is 24.0 Å². The van der Waals surface area contributed by atoms with Crippen LogP contribution in [0, 0.1) is 0 Å². The molecule has 2 rings (SSSR count). The average molecular weight is 248 g/mol. The van der Waals surface area contributed by atoms with E-state index in [-0.39, 0.29) is 5.56 Å². The monoisotopic (exact) mass is 248 g/mol. The SMILES string of the molecule is CCN(c1ccc(C(=O)O)c(N)c1)C1CCCC1. The summed E-state index contributed by atoms with van der Waals surface area (Å²) >= 11 is 0. The van der Waals surface area contributed by atoms with Crippen molar-refractivity contribution in [2.75, 3.05) is 17.2 Å². The van der Waals surface area contributed by atoms with Crippen LogP contribution in [0.4, 0.5) is 11.4 Å². The third-order valence-corrected chi connectivity index (χ3v) is 3.70. The van der Waals surface area contributed by atoms with E-state index in [1.165, 1.54) is 25.7 Å². The average Bonchev–Trinajstić information content (AvgIpc) is 2.83. The number of benzene rings is 1. The van der Waals surface area contributed by atoms with Crippen LogP contribution in [0.1, 0.15) is 43.0 Å². The molecule has 1 saturated carbocycles. The van der Waals surface area contributed by atoms with E-state index < -0.39 is 5.97 Å². The van der Waals surface area contributed by atoms with Gasteiger partial charge in [0.05, 0.1) is 5.56 Å². The maximum Gasteiger partial charge on any atom is 0.337 e. The summed E-state index contributed by atoms with van der Waals surface area (Å²) in [6.45, 7) is 3.05. The lowest BCUT2D eigenvalue weighted by Gasteiger charge is -2.30. The second-order valence-corrected chi connectivity index (χ2v) is 4.80. The highest BCUT2D eigenvalue weighted by Gasteiger charge is 2.22. The van der Waals surface area contributed by atoms with Gasteiger partial charge in [0.1, 0.15) is 0 Å². The van der Waals surface area contributed by atoms with Gasteiger partial charge in [-0.3, -0.25) is 0 Å². The lowest BCUT2D eigenvalue weighted by atomic mass is 10.1. The fourth-order valence-electron chi connectivity index (χ4n) is 2.79. The van der Waals surface area contributed by atoms with E-state index in [0.717, 1.165) is 12.2 Å². The molecule has 18 heavy (non-hydrogen) atoms. The zero-order chi connectivity index (χ0) is 13.1. The van der Waals surface area contributed by atoms with E-state index in [2.05, 4.69) is 11.8 Å². The summed E-state index contributed by atoms with van der Waals surface area (Å²) in [4.78, 5) is 13.3. The van der Waals surface area contributed by atoms with Gasteiger partial charge in [-0.1, -0.05) is 12.8 Å². The molecule has 1 aliphatic carbocycles. The van der Waals surface area contributed by atoms with Gasteiger partial charge in [-0.15, -0.1) is 0 Å². The van der Waals surface area contributed by atoms with Crippen LogP contribution in [0.2, 0.25) is 0 Å². The summed E-state index contributed by atoms with van der Waals surface area (Å²) < 4.78 is 0. The highest BCUT2D eigenvalue weighted by Crippen LogP contribution is 2.30. The van der Waals surface area contributed by atoms with Gasteiger partial charge in [0.15, 0.2) is 0 Å². The maximum atomic E-state index is 10.9. The Morgan fingerprint density at radius 1 is 1.44 bits per heavy atom. The molecular weight excluding hydrogens is 228 g/mol. The molecule has 1 aromatic rings. The van der Waals surface area contributed by atoms with Crippen molar-refractivity contribution < 1.29 is 9.90 Å². The Labute approximate surface area is 107 Å². The van der Waals surface area contributed by atoms with E-state index in [0.29, 0.717) is 11.7 Å². The number of anilines is 2. The van der Waals surface area contributed by atoms with Crippen molar-refractivity contribution in [2.45, 2.75) is 38.6 Å². The van der Waals surface area contributed by atoms with E-state index >= 15 is 0 Å². The molecule has 4 nitrogen and oxygen atoms in total. The summed E-state index contributed by atoms with van der Waals surface area (Å²) in [6.07, 6.45) is 5.00. The number of rotatable bonds is 4. The van der Waals surface area contributed by atoms with Crippen LogP contribution < -0.4 is 10.6 Å². The van der Waals surface area contributed by atoms with E-state index in [1.807, 2.05) is 6.07 Å². The minimum absolute atomic E-state index is 0.182. The van der Waals surface area contributed by atoms with Gasteiger partial charge in [0.2, 0.25) is 0 Å². The molecule has 0 spiro atoms. The normalized spacial score (nSPS) is 15.8. The van der Waals surface area contributed by atoms with Crippen molar-refractivity contribution in [1.82, 2.24) is 0 Å². The minimum Gasteiger partial charge on any atom is -0.478 e. The summed E-state index contributed by atoms with van der Waals surface area (Å²) in [5.41, 5.74) is 7.37.